The average molecular weight is 594 g/mol. The van der Waals surface area contributed by atoms with E-state index in [9.17, 15) is 23.7 Å². The van der Waals surface area contributed by atoms with E-state index in [2.05, 4.69) is 4.36 Å². The van der Waals surface area contributed by atoms with Crippen LogP contribution >= 0.6 is 11.3 Å². The van der Waals surface area contributed by atoms with Gasteiger partial charge in [0.05, 0.1) is 25.1 Å². The SMILES string of the molecule is COc1ccccc1[C@H](Cn1c(=O)n(C(C)(C)C(=O)O)c(=O)c2c(C)c(N=S(C)(C)=O)sc21)OC1CCOCC1. The van der Waals surface area contributed by atoms with Crippen molar-refractivity contribution < 1.29 is 28.3 Å². The number of rotatable bonds is 9. The Bertz CT molecular complexity index is 1660. The van der Waals surface area contributed by atoms with Crippen LogP contribution in [0.1, 0.15) is 43.9 Å². The van der Waals surface area contributed by atoms with Gasteiger partial charge in [0.1, 0.15) is 27.2 Å². The highest BCUT2D eigenvalue weighted by atomic mass is 32.2. The molecule has 1 aromatic carbocycles. The molecule has 3 aromatic rings. The van der Waals surface area contributed by atoms with Gasteiger partial charge >= 0.3 is 11.7 Å². The predicted octanol–water partition coefficient (Wildman–Crippen LogP) is 3.66. The van der Waals surface area contributed by atoms with E-state index in [4.69, 9.17) is 14.2 Å². The number of thiophene rings is 1. The fourth-order valence-corrected chi connectivity index (χ4v) is 7.00. The quantitative estimate of drug-likeness (QED) is 0.397. The minimum Gasteiger partial charge on any atom is -0.496 e. The first-order valence-corrected chi connectivity index (χ1v) is 16.0. The van der Waals surface area contributed by atoms with Crippen LogP contribution in [0, 0.1) is 6.92 Å². The summed E-state index contributed by atoms with van der Waals surface area (Å²) >= 11 is 1.08. The number of nitrogens with zero attached hydrogens (tertiary/aromatic N) is 3. The van der Waals surface area contributed by atoms with Gasteiger partial charge in [0.2, 0.25) is 0 Å². The Labute approximate surface area is 236 Å². The van der Waals surface area contributed by atoms with Crippen LogP contribution in [0.25, 0.3) is 10.2 Å². The van der Waals surface area contributed by atoms with E-state index in [0.717, 1.165) is 15.9 Å². The maximum Gasteiger partial charge on any atom is 0.333 e. The van der Waals surface area contributed by atoms with Crippen LogP contribution < -0.4 is 16.0 Å². The summed E-state index contributed by atoms with van der Waals surface area (Å²) in [5, 5.41) is 10.5. The first-order valence-electron chi connectivity index (χ1n) is 12.8. The highest BCUT2D eigenvalue weighted by Crippen LogP contribution is 2.38. The van der Waals surface area contributed by atoms with Crippen LogP contribution in [0.4, 0.5) is 5.00 Å². The van der Waals surface area contributed by atoms with Crippen LogP contribution in [0.5, 0.6) is 5.75 Å². The monoisotopic (exact) mass is 593 g/mol. The van der Waals surface area contributed by atoms with Crippen molar-refractivity contribution in [3.63, 3.8) is 0 Å². The molecule has 1 atom stereocenters. The van der Waals surface area contributed by atoms with Gasteiger partial charge in [0.25, 0.3) is 5.56 Å². The maximum absolute atomic E-state index is 14.0. The molecule has 1 saturated heterocycles. The van der Waals surface area contributed by atoms with Crippen molar-refractivity contribution in [2.75, 3.05) is 32.8 Å². The second-order valence-electron chi connectivity index (χ2n) is 10.6. The number of ether oxygens (including phenoxy) is 3. The molecule has 0 spiro atoms. The number of benzene rings is 1. The number of aromatic nitrogens is 2. The topological polar surface area (TPSA) is 138 Å². The summed E-state index contributed by atoms with van der Waals surface area (Å²) in [4.78, 5) is 40.3. The number of carbonyl (C=O) groups is 1. The molecule has 0 aliphatic carbocycles. The van der Waals surface area contributed by atoms with Crippen LogP contribution in [0.15, 0.2) is 38.2 Å². The summed E-state index contributed by atoms with van der Waals surface area (Å²) in [5.74, 6) is -0.766. The second-order valence-corrected chi connectivity index (χ2v) is 14.1. The number of aliphatic carboxylic acids is 1. The van der Waals surface area contributed by atoms with Crippen molar-refractivity contribution in [3.8, 4) is 5.75 Å². The largest absolute Gasteiger partial charge is 0.496 e. The molecule has 1 aliphatic heterocycles. The highest BCUT2D eigenvalue weighted by Gasteiger charge is 2.36. The second kappa shape index (κ2) is 11.5. The van der Waals surface area contributed by atoms with Crippen LogP contribution in [0.2, 0.25) is 0 Å². The molecular formula is C27H35N3O8S2. The highest BCUT2D eigenvalue weighted by molar-refractivity contribution is 7.92. The summed E-state index contributed by atoms with van der Waals surface area (Å²) in [7, 11) is -1.04. The lowest BCUT2D eigenvalue weighted by atomic mass is 10.0. The third-order valence-electron chi connectivity index (χ3n) is 6.93. The van der Waals surface area contributed by atoms with E-state index >= 15 is 0 Å². The van der Waals surface area contributed by atoms with Crippen molar-refractivity contribution in [1.82, 2.24) is 9.13 Å². The minimum absolute atomic E-state index is 0.0317. The Balaban J connectivity index is 2.02. The van der Waals surface area contributed by atoms with Gasteiger partial charge in [-0.05, 0) is 39.7 Å². The Morgan fingerprint density at radius 1 is 1.25 bits per heavy atom. The summed E-state index contributed by atoms with van der Waals surface area (Å²) < 4.78 is 36.7. The Morgan fingerprint density at radius 2 is 1.90 bits per heavy atom. The summed E-state index contributed by atoms with van der Waals surface area (Å²) in [6, 6.07) is 7.33. The van der Waals surface area contributed by atoms with E-state index in [0.29, 0.717) is 52.8 Å². The molecule has 11 nitrogen and oxygen atoms in total. The molecule has 0 amide bonds. The van der Waals surface area contributed by atoms with Gasteiger partial charge in [-0.25, -0.2) is 18.4 Å². The number of aryl methyl sites for hydroxylation is 1. The van der Waals surface area contributed by atoms with E-state index in [-0.39, 0.29) is 18.0 Å². The molecule has 218 valence electrons. The van der Waals surface area contributed by atoms with Gasteiger partial charge in [-0.15, -0.1) is 0 Å². The number of methoxy groups -OCH3 is 1. The minimum atomic E-state index is -2.59. The molecule has 1 aliphatic rings. The molecule has 40 heavy (non-hydrogen) atoms. The zero-order chi connectivity index (χ0) is 29.4. The Hall–Kier alpha value is -3.00. The maximum atomic E-state index is 14.0. The Kier molecular flexibility index (Phi) is 8.60. The third kappa shape index (κ3) is 5.87. The fourth-order valence-electron chi connectivity index (χ4n) is 4.73. The molecule has 0 bridgehead atoms. The number of hydrogen-bond acceptors (Lipinski definition) is 9. The van der Waals surface area contributed by atoms with E-state index in [1.165, 1.54) is 30.9 Å². The van der Waals surface area contributed by atoms with Crippen molar-refractivity contribution in [2.24, 2.45) is 4.36 Å². The molecule has 2 aromatic heterocycles. The van der Waals surface area contributed by atoms with Crippen molar-refractivity contribution in [2.45, 2.75) is 57.9 Å². The molecule has 1 fully saturated rings. The number of fused-ring (bicyclic) bond motifs is 1. The zero-order valence-electron chi connectivity index (χ0n) is 23.5. The van der Waals surface area contributed by atoms with Gasteiger partial charge in [-0.1, -0.05) is 29.5 Å². The molecular weight excluding hydrogens is 558 g/mol. The lowest BCUT2D eigenvalue weighted by Crippen LogP contribution is -2.52. The standard InChI is InChI=1S/C27H35N3O8S2/c1-16-21-23(31)30(27(2,3)25(32)33)26(34)29(24(21)39-22(16)28-40(5,6)35)15-20(38-17-11-13-37-14-12-17)18-9-7-8-10-19(18)36-4/h7-10,17,20H,11-15H2,1-6H3,(H,32,33)/t20-/m0/s1. The fraction of sp³-hybridized carbons (Fsp3) is 0.519. The third-order valence-corrected chi connectivity index (χ3v) is 8.88. The van der Waals surface area contributed by atoms with Crippen LogP contribution in [-0.2, 0) is 36.1 Å². The molecule has 1 N–H and O–H groups in total. The summed E-state index contributed by atoms with van der Waals surface area (Å²) in [6.07, 6.45) is 3.48. The summed E-state index contributed by atoms with van der Waals surface area (Å²) in [6.45, 7) is 5.34. The van der Waals surface area contributed by atoms with Crippen LogP contribution in [-0.4, -0.2) is 63.4 Å². The van der Waals surface area contributed by atoms with Gasteiger partial charge in [-0.3, -0.25) is 9.36 Å². The molecule has 0 saturated carbocycles. The lowest BCUT2D eigenvalue weighted by Gasteiger charge is -2.30. The average Bonchev–Trinajstić information content (AvgIpc) is 3.20. The zero-order valence-corrected chi connectivity index (χ0v) is 25.1. The normalized spacial score (nSPS) is 15.8. The molecule has 4 rings (SSSR count). The summed E-state index contributed by atoms with van der Waals surface area (Å²) in [5.41, 5.74) is -2.24. The number of carboxylic acids is 1. The smallest absolute Gasteiger partial charge is 0.333 e. The van der Waals surface area contributed by atoms with Gasteiger partial charge in [0, 0.05) is 46.6 Å². The van der Waals surface area contributed by atoms with Gasteiger partial charge in [0.15, 0.2) is 0 Å². The first kappa shape index (κ1) is 30.0. The number of hydrogen-bond donors (Lipinski definition) is 1. The van der Waals surface area contributed by atoms with Crippen molar-refractivity contribution in [1.29, 1.82) is 0 Å². The van der Waals surface area contributed by atoms with Crippen molar-refractivity contribution >= 4 is 42.3 Å². The predicted molar refractivity (Wildman–Crippen MR) is 155 cm³/mol. The lowest BCUT2D eigenvalue weighted by molar-refractivity contribution is -0.146. The van der Waals surface area contributed by atoms with E-state index < -0.39 is 38.6 Å². The molecule has 3 heterocycles. The number of carboxylic acid groups (broad SMARTS) is 1. The van der Waals surface area contributed by atoms with Gasteiger partial charge < -0.3 is 19.3 Å². The first-order chi connectivity index (χ1) is 18.8. The van der Waals surface area contributed by atoms with Crippen molar-refractivity contribution in [3.05, 3.63) is 56.2 Å². The Morgan fingerprint density at radius 3 is 2.50 bits per heavy atom. The van der Waals surface area contributed by atoms with E-state index in [1.807, 2.05) is 18.2 Å². The van der Waals surface area contributed by atoms with E-state index in [1.54, 1.807) is 20.1 Å². The molecule has 0 radical (unpaired) electrons. The molecule has 13 heteroatoms. The van der Waals surface area contributed by atoms with Gasteiger partial charge in [-0.2, -0.15) is 4.36 Å². The number of para-hydroxylation sites is 1. The van der Waals surface area contributed by atoms with Crippen LogP contribution in [0.3, 0.4) is 0 Å². The molecule has 0 unspecified atom stereocenters.